The highest BCUT2D eigenvalue weighted by atomic mass is 16.6. The molecular formula is C21H33N5O3. The van der Waals surface area contributed by atoms with Crippen molar-refractivity contribution in [1.82, 2.24) is 19.8 Å². The molecule has 3 rings (SSSR count). The Labute approximate surface area is 173 Å². The van der Waals surface area contributed by atoms with Crippen molar-refractivity contribution < 1.29 is 14.3 Å². The normalized spacial score (nSPS) is 18.7. The fraction of sp³-hybridized carbons (Fsp3) is 0.714. The first-order chi connectivity index (χ1) is 13.6. The average Bonchev–Trinajstić information content (AvgIpc) is 2.65. The Kier molecular flexibility index (Phi) is 6.29. The number of anilines is 1. The Morgan fingerprint density at radius 2 is 1.55 bits per heavy atom. The fourth-order valence-corrected chi connectivity index (χ4v) is 3.91. The quantitative estimate of drug-likeness (QED) is 0.754. The molecule has 29 heavy (non-hydrogen) atoms. The number of piperazine rings is 1. The van der Waals surface area contributed by atoms with E-state index in [0.29, 0.717) is 26.2 Å². The van der Waals surface area contributed by atoms with Crippen LogP contribution in [0.2, 0.25) is 0 Å². The molecule has 2 amide bonds. The van der Waals surface area contributed by atoms with Crippen molar-refractivity contribution in [1.29, 1.82) is 0 Å². The minimum atomic E-state index is -0.501. The van der Waals surface area contributed by atoms with Gasteiger partial charge in [0.25, 0.3) is 0 Å². The molecule has 3 heterocycles. The molecule has 0 atom stereocenters. The van der Waals surface area contributed by atoms with Crippen molar-refractivity contribution in [3.63, 3.8) is 0 Å². The zero-order chi connectivity index (χ0) is 21.2. The number of ether oxygens (including phenoxy) is 1. The predicted octanol–water partition coefficient (Wildman–Crippen LogP) is 2.39. The van der Waals surface area contributed by atoms with Gasteiger partial charge in [-0.2, -0.15) is 0 Å². The molecular weight excluding hydrogens is 370 g/mol. The molecule has 0 radical (unpaired) electrons. The van der Waals surface area contributed by atoms with E-state index in [1.54, 1.807) is 4.90 Å². The molecule has 0 aromatic carbocycles. The first-order valence-electron chi connectivity index (χ1n) is 10.5. The number of hydrogen-bond acceptors (Lipinski definition) is 6. The summed E-state index contributed by atoms with van der Waals surface area (Å²) < 4.78 is 5.43. The molecule has 1 aromatic rings. The van der Waals surface area contributed by atoms with E-state index in [4.69, 9.17) is 4.74 Å². The number of nitrogens with zero attached hydrogens (tertiary/aromatic N) is 5. The third kappa shape index (κ3) is 5.58. The molecule has 160 valence electrons. The lowest BCUT2D eigenvalue weighted by Gasteiger charge is -2.39. The van der Waals surface area contributed by atoms with E-state index >= 15 is 0 Å². The number of carbonyl (C=O) groups excluding carboxylic acids is 2. The highest BCUT2D eigenvalue weighted by molar-refractivity contribution is 5.79. The number of rotatable bonds is 2. The van der Waals surface area contributed by atoms with Gasteiger partial charge >= 0.3 is 6.09 Å². The van der Waals surface area contributed by atoms with E-state index in [9.17, 15) is 9.59 Å². The summed E-state index contributed by atoms with van der Waals surface area (Å²) >= 11 is 0. The molecule has 0 aliphatic carbocycles. The number of hydrogen-bond donors (Lipinski definition) is 0. The van der Waals surface area contributed by atoms with Crippen LogP contribution in [-0.2, 0) is 9.53 Å². The van der Waals surface area contributed by atoms with Crippen LogP contribution in [0.5, 0.6) is 0 Å². The summed E-state index contributed by atoms with van der Waals surface area (Å²) in [5.41, 5.74) is 0.465. The molecule has 2 saturated heterocycles. The topological polar surface area (TPSA) is 78.9 Å². The van der Waals surface area contributed by atoms with Gasteiger partial charge in [-0.15, -0.1) is 0 Å². The summed E-state index contributed by atoms with van der Waals surface area (Å²) in [5, 5.41) is 0. The third-order valence-corrected chi connectivity index (χ3v) is 5.36. The SMILES string of the molecule is Cc1cc(N2CCC(C(=O)N3CCN(C(=O)OC(C)(C)C)CC3)CC2)nc(C)n1. The van der Waals surface area contributed by atoms with Crippen LogP contribution in [0.4, 0.5) is 10.6 Å². The van der Waals surface area contributed by atoms with Gasteiger partial charge in [-0.25, -0.2) is 14.8 Å². The summed E-state index contributed by atoms with van der Waals surface area (Å²) in [4.78, 5) is 39.9. The van der Waals surface area contributed by atoms with Gasteiger partial charge in [0, 0.05) is 56.9 Å². The Morgan fingerprint density at radius 1 is 0.966 bits per heavy atom. The molecule has 0 unspecified atom stereocenters. The van der Waals surface area contributed by atoms with Crippen LogP contribution in [0, 0.1) is 19.8 Å². The van der Waals surface area contributed by atoms with E-state index in [1.807, 2.05) is 45.6 Å². The van der Waals surface area contributed by atoms with E-state index in [0.717, 1.165) is 43.3 Å². The lowest BCUT2D eigenvalue weighted by atomic mass is 9.95. The van der Waals surface area contributed by atoms with Gasteiger partial charge in [-0.1, -0.05) is 0 Å². The second-order valence-corrected chi connectivity index (χ2v) is 8.97. The fourth-order valence-electron chi connectivity index (χ4n) is 3.91. The molecule has 8 heteroatoms. The second kappa shape index (κ2) is 8.55. The summed E-state index contributed by atoms with van der Waals surface area (Å²) in [7, 11) is 0. The van der Waals surface area contributed by atoms with Gasteiger partial charge in [0.15, 0.2) is 0 Å². The molecule has 0 bridgehead atoms. The van der Waals surface area contributed by atoms with Crippen LogP contribution in [0.25, 0.3) is 0 Å². The standard InChI is InChI=1S/C21H33N5O3/c1-15-14-18(23-16(2)22-15)24-8-6-17(7-9-24)19(27)25-10-12-26(13-11-25)20(28)29-21(3,4)5/h14,17H,6-13H2,1-5H3. The van der Waals surface area contributed by atoms with Crippen molar-refractivity contribution in [2.75, 3.05) is 44.2 Å². The summed E-state index contributed by atoms with van der Waals surface area (Å²) in [5.74, 6) is 1.99. The highest BCUT2D eigenvalue weighted by Crippen LogP contribution is 2.24. The largest absolute Gasteiger partial charge is 0.444 e. The number of amides is 2. The van der Waals surface area contributed by atoms with Crippen molar-refractivity contribution in [3.05, 3.63) is 17.6 Å². The first-order valence-corrected chi connectivity index (χ1v) is 10.5. The summed E-state index contributed by atoms with van der Waals surface area (Å²) in [6.45, 7) is 13.3. The van der Waals surface area contributed by atoms with Crippen molar-refractivity contribution in [3.8, 4) is 0 Å². The Morgan fingerprint density at radius 3 is 2.10 bits per heavy atom. The number of aryl methyl sites for hydroxylation is 2. The summed E-state index contributed by atoms with van der Waals surface area (Å²) in [6, 6.07) is 2.00. The highest BCUT2D eigenvalue weighted by Gasteiger charge is 2.32. The number of carbonyl (C=O) groups is 2. The molecule has 2 aliphatic heterocycles. The molecule has 1 aromatic heterocycles. The molecule has 8 nitrogen and oxygen atoms in total. The van der Waals surface area contributed by atoms with Gasteiger partial charge in [0.1, 0.15) is 17.2 Å². The molecule has 2 fully saturated rings. The lowest BCUT2D eigenvalue weighted by Crippen LogP contribution is -2.53. The first kappa shape index (κ1) is 21.3. The molecule has 0 saturated carbocycles. The van der Waals surface area contributed by atoms with Crippen LogP contribution in [-0.4, -0.2) is 76.6 Å². The van der Waals surface area contributed by atoms with Gasteiger partial charge in [0.05, 0.1) is 0 Å². The zero-order valence-electron chi connectivity index (χ0n) is 18.3. The maximum absolute atomic E-state index is 13.0. The second-order valence-electron chi connectivity index (χ2n) is 8.97. The van der Waals surface area contributed by atoms with E-state index < -0.39 is 5.60 Å². The van der Waals surface area contributed by atoms with E-state index in [2.05, 4.69) is 14.9 Å². The van der Waals surface area contributed by atoms with Crippen molar-refractivity contribution in [2.45, 2.75) is 53.1 Å². The van der Waals surface area contributed by atoms with Gasteiger partial charge in [0.2, 0.25) is 5.91 Å². The van der Waals surface area contributed by atoms with Gasteiger partial charge in [-0.05, 0) is 47.5 Å². The smallest absolute Gasteiger partial charge is 0.410 e. The number of piperidine rings is 1. The Balaban J connectivity index is 1.48. The molecule has 0 spiro atoms. The Bertz CT molecular complexity index is 725. The van der Waals surface area contributed by atoms with Crippen molar-refractivity contribution in [2.24, 2.45) is 5.92 Å². The maximum Gasteiger partial charge on any atom is 0.410 e. The minimum absolute atomic E-state index is 0.0448. The average molecular weight is 404 g/mol. The van der Waals surface area contributed by atoms with Crippen LogP contribution in [0.15, 0.2) is 6.07 Å². The third-order valence-electron chi connectivity index (χ3n) is 5.36. The van der Waals surface area contributed by atoms with Crippen LogP contribution in [0.3, 0.4) is 0 Å². The monoisotopic (exact) mass is 403 g/mol. The Hall–Kier alpha value is -2.38. The predicted molar refractivity (Wildman–Crippen MR) is 111 cm³/mol. The zero-order valence-corrected chi connectivity index (χ0v) is 18.3. The lowest BCUT2D eigenvalue weighted by molar-refractivity contribution is -0.138. The van der Waals surface area contributed by atoms with Crippen LogP contribution < -0.4 is 4.90 Å². The van der Waals surface area contributed by atoms with E-state index in [1.165, 1.54) is 0 Å². The van der Waals surface area contributed by atoms with Gasteiger partial charge < -0.3 is 19.4 Å². The van der Waals surface area contributed by atoms with Crippen LogP contribution in [0.1, 0.15) is 45.1 Å². The van der Waals surface area contributed by atoms with Gasteiger partial charge in [-0.3, -0.25) is 4.79 Å². The molecule has 2 aliphatic rings. The van der Waals surface area contributed by atoms with Crippen LogP contribution >= 0.6 is 0 Å². The minimum Gasteiger partial charge on any atom is -0.444 e. The maximum atomic E-state index is 13.0. The van der Waals surface area contributed by atoms with E-state index in [-0.39, 0.29) is 17.9 Å². The summed E-state index contributed by atoms with van der Waals surface area (Å²) in [6.07, 6.45) is 1.36. The number of aromatic nitrogens is 2. The molecule has 0 N–H and O–H groups in total. The van der Waals surface area contributed by atoms with Crippen molar-refractivity contribution >= 4 is 17.8 Å².